The minimum absolute atomic E-state index is 0.120. The molecular weight excluding hydrogens is 430 g/mol. The molecule has 0 atom stereocenters. The monoisotopic (exact) mass is 457 g/mol. The number of hydrogen-bond acceptors (Lipinski definition) is 5. The molecule has 0 saturated carbocycles. The van der Waals surface area contributed by atoms with E-state index in [2.05, 4.69) is 16.2 Å². The van der Waals surface area contributed by atoms with Gasteiger partial charge in [-0.1, -0.05) is 43.5 Å². The molecule has 0 bridgehead atoms. The highest BCUT2D eigenvalue weighted by Crippen LogP contribution is 2.23. The van der Waals surface area contributed by atoms with Gasteiger partial charge < -0.3 is 19.7 Å². The smallest absolute Gasteiger partial charge is 0.409 e. The minimum atomic E-state index is -0.346. The molecule has 7 nitrogen and oxygen atoms in total. The van der Waals surface area contributed by atoms with Crippen molar-refractivity contribution in [3.8, 4) is 18.1 Å². The van der Waals surface area contributed by atoms with E-state index in [0.717, 1.165) is 5.56 Å². The first-order chi connectivity index (χ1) is 15.5. The van der Waals surface area contributed by atoms with Crippen molar-refractivity contribution in [1.82, 2.24) is 15.2 Å². The zero-order valence-corrected chi connectivity index (χ0v) is 19.3. The summed E-state index contributed by atoms with van der Waals surface area (Å²) in [6.07, 6.45) is 7.82. The second-order valence-corrected chi connectivity index (χ2v) is 7.23. The van der Waals surface area contributed by atoms with Crippen LogP contribution in [0.1, 0.15) is 48.3 Å². The molecule has 1 aliphatic rings. The minimum Gasteiger partial charge on any atom is -0.489 e. The quantitative estimate of drug-likeness (QED) is 0.677. The fourth-order valence-corrected chi connectivity index (χ4v) is 3.23. The van der Waals surface area contributed by atoms with Gasteiger partial charge in [0.25, 0.3) is 5.91 Å². The van der Waals surface area contributed by atoms with Gasteiger partial charge in [0.15, 0.2) is 0 Å². The zero-order chi connectivity index (χ0) is 23.5. The van der Waals surface area contributed by atoms with Crippen LogP contribution < -0.4 is 10.1 Å². The number of amides is 2. The van der Waals surface area contributed by atoms with Crippen molar-refractivity contribution in [3.05, 3.63) is 58.4 Å². The first-order valence-electron chi connectivity index (χ1n) is 10.5. The number of likely N-dealkylation sites (tertiary alicyclic amines) is 1. The predicted molar refractivity (Wildman–Crippen MR) is 124 cm³/mol. The first kappa shape index (κ1) is 25.0. The predicted octanol–water partition coefficient (Wildman–Crippen LogP) is 4.28. The summed E-state index contributed by atoms with van der Waals surface area (Å²) in [6.45, 7) is 5.40. The molecule has 170 valence electrons. The number of halogens is 1. The summed E-state index contributed by atoms with van der Waals surface area (Å²) in [5, 5.41) is 3.45. The van der Waals surface area contributed by atoms with Gasteiger partial charge in [0.2, 0.25) is 0 Å². The molecule has 0 radical (unpaired) electrons. The van der Waals surface area contributed by atoms with Crippen molar-refractivity contribution in [1.29, 1.82) is 0 Å². The molecule has 0 unspecified atom stereocenters. The molecule has 1 aromatic heterocycles. The molecular formula is C24H28ClN3O4. The van der Waals surface area contributed by atoms with Gasteiger partial charge in [-0.3, -0.25) is 4.79 Å². The maximum Gasteiger partial charge on any atom is 0.409 e. The van der Waals surface area contributed by atoms with Crippen LogP contribution in [-0.4, -0.2) is 48.2 Å². The number of terminal acetylenes is 1. The number of nitrogens with one attached hydrogen (secondary N) is 1. The highest BCUT2D eigenvalue weighted by molar-refractivity contribution is 6.30. The summed E-state index contributed by atoms with van der Waals surface area (Å²) in [5.74, 6) is 2.63. The van der Waals surface area contributed by atoms with Crippen LogP contribution >= 0.6 is 11.6 Å². The van der Waals surface area contributed by atoms with Crippen molar-refractivity contribution < 1.29 is 19.1 Å². The Morgan fingerprint density at radius 2 is 1.91 bits per heavy atom. The molecule has 1 fully saturated rings. The number of carbonyl (C=O) groups excluding carboxylic acids is 2. The molecule has 0 aliphatic carbocycles. The fraction of sp³-hybridized carbons (Fsp3) is 0.375. The maximum absolute atomic E-state index is 12.5. The Morgan fingerprint density at radius 3 is 2.50 bits per heavy atom. The first-order valence-corrected chi connectivity index (χ1v) is 10.9. The molecule has 32 heavy (non-hydrogen) atoms. The molecule has 1 aromatic carbocycles. The van der Waals surface area contributed by atoms with E-state index in [9.17, 15) is 9.59 Å². The van der Waals surface area contributed by atoms with Crippen LogP contribution in [0.3, 0.4) is 0 Å². The lowest BCUT2D eigenvalue weighted by atomic mass is 10.1. The molecule has 1 aliphatic heterocycles. The summed E-state index contributed by atoms with van der Waals surface area (Å²) in [6, 6.07) is 8.76. The fourth-order valence-electron chi connectivity index (χ4n) is 3.11. The van der Waals surface area contributed by atoms with Crippen molar-refractivity contribution in [2.75, 3.05) is 20.2 Å². The lowest BCUT2D eigenvalue weighted by Crippen LogP contribution is -2.41. The summed E-state index contributed by atoms with van der Waals surface area (Å²) in [4.78, 5) is 29.9. The highest BCUT2D eigenvalue weighted by atomic mass is 35.5. The Labute approximate surface area is 194 Å². The van der Waals surface area contributed by atoms with Gasteiger partial charge in [-0.05, 0) is 17.7 Å². The molecule has 2 aromatic rings. The SMILES string of the molecule is C#Cc1cnc(C(=O)NCc2ccc(Cl)cc2)cc1OC1CCN(C(=O)OC)CC1.CC. The third-order valence-corrected chi connectivity index (χ3v) is 5.04. The van der Waals surface area contributed by atoms with Gasteiger partial charge in [0.1, 0.15) is 17.5 Å². The Balaban J connectivity index is 0.00000176. The number of pyridine rings is 1. The average molecular weight is 458 g/mol. The Morgan fingerprint density at radius 1 is 1.25 bits per heavy atom. The zero-order valence-electron chi connectivity index (χ0n) is 18.6. The number of hydrogen-bond donors (Lipinski definition) is 1. The number of aromatic nitrogens is 1. The van der Waals surface area contributed by atoms with E-state index in [1.165, 1.54) is 13.3 Å². The van der Waals surface area contributed by atoms with Gasteiger partial charge in [-0.2, -0.15) is 0 Å². The number of methoxy groups -OCH3 is 1. The van der Waals surface area contributed by atoms with Crippen LogP contribution in [0, 0.1) is 12.3 Å². The Kier molecular flexibility index (Phi) is 9.83. The van der Waals surface area contributed by atoms with E-state index in [-0.39, 0.29) is 23.8 Å². The van der Waals surface area contributed by atoms with Gasteiger partial charge in [0.05, 0.1) is 12.7 Å². The molecule has 8 heteroatoms. The van der Waals surface area contributed by atoms with E-state index in [1.54, 1.807) is 23.1 Å². The van der Waals surface area contributed by atoms with Gasteiger partial charge in [0, 0.05) is 49.8 Å². The molecule has 2 heterocycles. The van der Waals surface area contributed by atoms with Crippen LogP contribution in [0.2, 0.25) is 5.02 Å². The second kappa shape index (κ2) is 12.6. The van der Waals surface area contributed by atoms with Gasteiger partial charge in [-0.25, -0.2) is 9.78 Å². The van der Waals surface area contributed by atoms with E-state index < -0.39 is 0 Å². The second-order valence-electron chi connectivity index (χ2n) is 6.79. The summed E-state index contributed by atoms with van der Waals surface area (Å²) in [5.41, 5.74) is 1.60. The van der Waals surface area contributed by atoms with Crippen LogP contribution in [0.4, 0.5) is 4.79 Å². The van der Waals surface area contributed by atoms with Crippen LogP contribution in [0.5, 0.6) is 5.75 Å². The van der Waals surface area contributed by atoms with Crippen LogP contribution in [0.15, 0.2) is 36.5 Å². The Hall–Kier alpha value is -3.24. The lowest BCUT2D eigenvalue weighted by molar-refractivity contribution is 0.0786. The number of rotatable bonds is 5. The van der Waals surface area contributed by atoms with Gasteiger partial charge in [-0.15, -0.1) is 6.42 Å². The van der Waals surface area contributed by atoms with E-state index >= 15 is 0 Å². The van der Waals surface area contributed by atoms with Crippen LogP contribution in [-0.2, 0) is 11.3 Å². The van der Waals surface area contributed by atoms with Crippen molar-refractivity contribution in [3.63, 3.8) is 0 Å². The van der Waals surface area contributed by atoms with E-state index in [4.69, 9.17) is 27.5 Å². The summed E-state index contributed by atoms with van der Waals surface area (Å²) < 4.78 is 10.8. The summed E-state index contributed by atoms with van der Waals surface area (Å²) >= 11 is 5.87. The number of nitrogens with zero attached hydrogens (tertiary/aromatic N) is 2. The third-order valence-electron chi connectivity index (χ3n) is 4.79. The lowest BCUT2D eigenvalue weighted by Gasteiger charge is -2.31. The normalized spacial score (nSPS) is 13.3. The van der Waals surface area contributed by atoms with E-state index in [0.29, 0.717) is 48.8 Å². The topological polar surface area (TPSA) is 80.8 Å². The molecule has 1 N–H and O–H groups in total. The van der Waals surface area contributed by atoms with Crippen molar-refractivity contribution in [2.24, 2.45) is 0 Å². The summed E-state index contributed by atoms with van der Waals surface area (Å²) in [7, 11) is 1.36. The third kappa shape index (κ3) is 6.89. The van der Waals surface area contributed by atoms with Crippen molar-refractivity contribution >= 4 is 23.6 Å². The maximum atomic E-state index is 12.5. The number of carbonyl (C=O) groups is 2. The largest absolute Gasteiger partial charge is 0.489 e. The average Bonchev–Trinajstić information content (AvgIpc) is 2.84. The number of piperidine rings is 1. The standard InChI is InChI=1S/C22H22ClN3O4.C2H6/c1-3-16-14-24-19(21(27)25-13-15-4-6-17(23)7-5-15)12-20(16)30-18-8-10-26(11-9-18)22(28)29-2;1-2/h1,4-7,12,14,18H,8-11,13H2,2H3,(H,25,27);1-2H3. The number of benzene rings is 1. The molecule has 3 rings (SSSR count). The molecule has 1 saturated heterocycles. The highest BCUT2D eigenvalue weighted by Gasteiger charge is 2.25. The van der Waals surface area contributed by atoms with Gasteiger partial charge >= 0.3 is 6.09 Å². The van der Waals surface area contributed by atoms with E-state index in [1.807, 2.05) is 26.0 Å². The molecule has 2 amide bonds. The van der Waals surface area contributed by atoms with Crippen molar-refractivity contribution in [2.45, 2.75) is 39.3 Å². The molecule has 0 spiro atoms. The Bertz CT molecular complexity index is 949. The van der Waals surface area contributed by atoms with Crippen LogP contribution in [0.25, 0.3) is 0 Å². The number of ether oxygens (including phenoxy) is 2.